The van der Waals surface area contributed by atoms with Crippen LogP contribution < -0.4 is 11.3 Å². The highest BCUT2D eigenvalue weighted by molar-refractivity contribution is 5.95. The van der Waals surface area contributed by atoms with Gasteiger partial charge in [0, 0.05) is 31.2 Å². The molecule has 2 heterocycles. The molecule has 3 rings (SSSR count). The molecule has 1 unspecified atom stereocenters. The van der Waals surface area contributed by atoms with Crippen molar-refractivity contribution in [1.29, 1.82) is 0 Å². The third-order valence-electron chi connectivity index (χ3n) is 4.72. The Bertz CT molecular complexity index is 531. The lowest BCUT2D eigenvalue weighted by Gasteiger charge is -2.26. The Kier molecular flexibility index (Phi) is 4.12. The number of nitrogens with zero attached hydrogens (tertiary/aromatic N) is 2. The number of hydrogen-bond donors (Lipinski definition) is 2. The van der Waals surface area contributed by atoms with Gasteiger partial charge in [0.25, 0.3) is 5.91 Å². The summed E-state index contributed by atoms with van der Waals surface area (Å²) < 4.78 is 0. The van der Waals surface area contributed by atoms with Crippen molar-refractivity contribution in [2.75, 3.05) is 31.6 Å². The summed E-state index contributed by atoms with van der Waals surface area (Å²) in [6.45, 7) is 6.02. The molecular weight excluding hydrogens is 264 g/mol. The maximum Gasteiger partial charge on any atom is 0.253 e. The van der Waals surface area contributed by atoms with Crippen LogP contribution >= 0.6 is 0 Å². The van der Waals surface area contributed by atoms with E-state index < -0.39 is 0 Å². The number of fused-ring (bicyclic) bond motifs is 1. The van der Waals surface area contributed by atoms with Crippen molar-refractivity contribution in [3.05, 3.63) is 29.3 Å². The summed E-state index contributed by atoms with van der Waals surface area (Å²) in [6.07, 6.45) is 3.56. The van der Waals surface area contributed by atoms with E-state index in [1.165, 1.54) is 19.4 Å². The Morgan fingerprint density at radius 2 is 2.10 bits per heavy atom. The number of nitrogen functional groups attached to an aromatic ring is 1. The fraction of sp³-hybridized carbons (Fsp3) is 0.562. The molecule has 2 fully saturated rings. The average Bonchev–Trinajstić information content (AvgIpc) is 2.83. The average molecular weight is 288 g/mol. The first kappa shape index (κ1) is 14.4. The molecular formula is C16H24N4O. The minimum atomic E-state index is 0.149. The Hall–Kier alpha value is -1.59. The van der Waals surface area contributed by atoms with Crippen LogP contribution in [-0.2, 0) is 0 Å². The first-order chi connectivity index (χ1) is 10.2. The van der Waals surface area contributed by atoms with Gasteiger partial charge in [0.05, 0.1) is 5.69 Å². The maximum absolute atomic E-state index is 12.7. The molecule has 0 radical (unpaired) electrons. The number of rotatable bonds is 2. The Labute approximate surface area is 126 Å². The van der Waals surface area contributed by atoms with Gasteiger partial charge in [0.15, 0.2) is 0 Å². The second-order valence-corrected chi connectivity index (χ2v) is 6.11. The number of amides is 1. The van der Waals surface area contributed by atoms with Gasteiger partial charge in [-0.2, -0.15) is 0 Å². The van der Waals surface area contributed by atoms with Crippen molar-refractivity contribution >= 4 is 11.6 Å². The van der Waals surface area contributed by atoms with Gasteiger partial charge in [-0.05, 0) is 56.5 Å². The van der Waals surface area contributed by atoms with E-state index in [2.05, 4.69) is 10.3 Å². The Balaban J connectivity index is 1.76. The zero-order valence-electron chi connectivity index (χ0n) is 12.6. The van der Waals surface area contributed by atoms with E-state index in [1.54, 1.807) is 0 Å². The minimum absolute atomic E-state index is 0.149. The smallest absolute Gasteiger partial charge is 0.253 e. The quantitative estimate of drug-likeness (QED) is 0.641. The van der Waals surface area contributed by atoms with E-state index in [0.717, 1.165) is 42.9 Å². The first-order valence-electron chi connectivity index (χ1n) is 7.79. The summed E-state index contributed by atoms with van der Waals surface area (Å²) in [4.78, 5) is 17.3. The predicted molar refractivity (Wildman–Crippen MR) is 84.1 cm³/mol. The second kappa shape index (κ2) is 6.03. The van der Waals surface area contributed by atoms with E-state index in [9.17, 15) is 4.79 Å². The number of carbonyl (C=O) groups is 1. The highest BCUT2D eigenvalue weighted by Crippen LogP contribution is 2.23. The van der Waals surface area contributed by atoms with Crippen LogP contribution in [-0.4, -0.2) is 47.9 Å². The largest absolute Gasteiger partial charge is 0.337 e. The number of anilines is 1. The van der Waals surface area contributed by atoms with Gasteiger partial charge in [-0.1, -0.05) is 0 Å². The predicted octanol–water partition coefficient (Wildman–Crippen LogP) is 1.59. The van der Waals surface area contributed by atoms with Crippen molar-refractivity contribution in [3.8, 4) is 0 Å². The summed E-state index contributed by atoms with van der Waals surface area (Å²) in [5.74, 6) is 5.60. The molecule has 0 aliphatic carbocycles. The fourth-order valence-corrected chi connectivity index (χ4v) is 3.53. The van der Waals surface area contributed by atoms with Crippen molar-refractivity contribution in [1.82, 2.24) is 9.80 Å². The third-order valence-corrected chi connectivity index (χ3v) is 4.72. The summed E-state index contributed by atoms with van der Waals surface area (Å²) in [5, 5.41) is 0. The van der Waals surface area contributed by atoms with Crippen LogP contribution in [0.5, 0.6) is 0 Å². The highest BCUT2D eigenvalue weighted by Gasteiger charge is 2.30. The van der Waals surface area contributed by atoms with E-state index in [-0.39, 0.29) is 5.91 Å². The van der Waals surface area contributed by atoms with Crippen LogP contribution in [0.25, 0.3) is 0 Å². The summed E-state index contributed by atoms with van der Waals surface area (Å²) in [7, 11) is 0. The number of hydrazine groups is 1. The van der Waals surface area contributed by atoms with Crippen molar-refractivity contribution in [2.24, 2.45) is 5.84 Å². The second-order valence-electron chi connectivity index (χ2n) is 6.11. The molecule has 0 spiro atoms. The lowest BCUT2D eigenvalue weighted by molar-refractivity contribution is 0.0743. The lowest BCUT2D eigenvalue weighted by Crippen LogP contribution is -2.39. The number of aryl methyl sites for hydroxylation is 1. The zero-order valence-corrected chi connectivity index (χ0v) is 12.6. The topological polar surface area (TPSA) is 61.6 Å². The van der Waals surface area contributed by atoms with Crippen LogP contribution in [0.1, 0.15) is 35.2 Å². The van der Waals surface area contributed by atoms with E-state index >= 15 is 0 Å². The van der Waals surface area contributed by atoms with Gasteiger partial charge >= 0.3 is 0 Å². The fourth-order valence-electron chi connectivity index (χ4n) is 3.53. The monoisotopic (exact) mass is 288 g/mol. The molecule has 0 saturated carbocycles. The molecule has 114 valence electrons. The Morgan fingerprint density at radius 1 is 1.29 bits per heavy atom. The SMILES string of the molecule is Cc1cc(C(=O)N2CCCN3CCCC3C2)ccc1NN. The minimum Gasteiger partial charge on any atom is -0.337 e. The number of hydrogen-bond acceptors (Lipinski definition) is 4. The van der Waals surface area contributed by atoms with Gasteiger partial charge in [0.1, 0.15) is 0 Å². The van der Waals surface area contributed by atoms with Gasteiger partial charge < -0.3 is 10.3 Å². The van der Waals surface area contributed by atoms with E-state index in [4.69, 9.17) is 5.84 Å². The maximum atomic E-state index is 12.7. The zero-order chi connectivity index (χ0) is 14.8. The van der Waals surface area contributed by atoms with Gasteiger partial charge in [-0.15, -0.1) is 0 Å². The van der Waals surface area contributed by atoms with E-state index in [1.807, 2.05) is 30.0 Å². The summed E-state index contributed by atoms with van der Waals surface area (Å²) >= 11 is 0. The molecule has 3 N–H and O–H groups in total. The van der Waals surface area contributed by atoms with Crippen LogP contribution in [0.4, 0.5) is 5.69 Å². The molecule has 5 heteroatoms. The first-order valence-corrected chi connectivity index (χ1v) is 7.79. The molecule has 1 amide bonds. The number of carbonyl (C=O) groups excluding carboxylic acids is 1. The molecule has 21 heavy (non-hydrogen) atoms. The standard InChI is InChI=1S/C16H24N4O/c1-12-10-13(5-6-15(12)18-17)16(21)20-9-3-8-19-7-2-4-14(19)11-20/h5-6,10,14,18H,2-4,7-9,11,17H2,1H3. The molecule has 0 aromatic heterocycles. The summed E-state index contributed by atoms with van der Waals surface area (Å²) in [6, 6.07) is 6.22. The van der Waals surface area contributed by atoms with Crippen LogP contribution in [0.2, 0.25) is 0 Å². The molecule has 0 bridgehead atoms. The van der Waals surface area contributed by atoms with Crippen molar-refractivity contribution < 1.29 is 4.79 Å². The number of nitrogens with one attached hydrogen (secondary N) is 1. The molecule has 2 aliphatic heterocycles. The summed E-state index contributed by atoms with van der Waals surface area (Å²) in [5.41, 5.74) is 5.28. The van der Waals surface area contributed by atoms with Gasteiger partial charge in [-0.3, -0.25) is 15.5 Å². The molecule has 2 aliphatic rings. The van der Waals surface area contributed by atoms with Crippen LogP contribution in [0, 0.1) is 6.92 Å². The highest BCUT2D eigenvalue weighted by atomic mass is 16.2. The number of nitrogens with two attached hydrogens (primary N) is 1. The van der Waals surface area contributed by atoms with Gasteiger partial charge in [-0.25, -0.2) is 0 Å². The van der Waals surface area contributed by atoms with Crippen molar-refractivity contribution in [3.63, 3.8) is 0 Å². The van der Waals surface area contributed by atoms with Gasteiger partial charge in [0.2, 0.25) is 0 Å². The molecule has 1 aromatic carbocycles. The third kappa shape index (κ3) is 2.89. The van der Waals surface area contributed by atoms with Crippen LogP contribution in [0.3, 0.4) is 0 Å². The van der Waals surface area contributed by atoms with E-state index in [0.29, 0.717) is 6.04 Å². The molecule has 5 nitrogen and oxygen atoms in total. The molecule has 1 aromatic rings. The Morgan fingerprint density at radius 3 is 2.86 bits per heavy atom. The van der Waals surface area contributed by atoms with Crippen molar-refractivity contribution in [2.45, 2.75) is 32.2 Å². The normalized spacial score (nSPS) is 22.8. The lowest BCUT2D eigenvalue weighted by atomic mass is 10.1. The molecule has 1 atom stereocenters. The van der Waals surface area contributed by atoms with Crippen LogP contribution in [0.15, 0.2) is 18.2 Å². The number of benzene rings is 1. The molecule has 2 saturated heterocycles.